The molecule has 138 valence electrons. The number of aliphatic carboxylic acids is 1. The molecule has 3 heteroatoms. The van der Waals surface area contributed by atoms with Gasteiger partial charge in [0.15, 0.2) is 0 Å². The van der Waals surface area contributed by atoms with Gasteiger partial charge in [0.05, 0.1) is 5.97 Å². The minimum absolute atomic E-state index is 0. The van der Waals surface area contributed by atoms with Crippen molar-refractivity contribution in [1.29, 1.82) is 0 Å². The molecule has 0 bridgehead atoms. The summed E-state index contributed by atoms with van der Waals surface area (Å²) in [6, 6.07) is 0. The lowest BCUT2D eigenvalue weighted by atomic mass is 9.70. The quantitative estimate of drug-likeness (QED) is 0.324. The molecule has 3 nitrogen and oxygen atoms in total. The molecule has 0 aliphatic heterocycles. The molecular weight excluding hydrogens is 286 g/mol. The first-order chi connectivity index (χ1) is 10.6. The van der Waals surface area contributed by atoms with E-state index in [2.05, 4.69) is 33.8 Å². The number of carbonyl (C=O) groups is 1. The van der Waals surface area contributed by atoms with Crippen LogP contribution in [0.3, 0.4) is 0 Å². The minimum Gasteiger partial charge on any atom is -0.549 e. The van der Waals surface area contributed by atoms with Crippen molar-refractivity contribution >= 4 is 5.97 Å². The number of hydrogen-bond acceptors (Lipinski definition) is 2. The summed E-state index contributed by atoms with van der Waals surface area (Å²) in [7, 11) is 0. The van der Waals surface area contributed by atoms with Gasteiger partial charge >= 0.3 is 0 Å². The molecule has 0 aliphatic carbocycles. The van der Waals surface area contributed by atoms with Crippen molar-refractivity contribution in [2.24, 2.45) is 5.41 Å². The topological polar surface area (TPSA) is 76.6 Å². The van der Waals surface area contributed by atoms with Gasteiger partial charge in [-0.15, -0.1) is 0 Å². The highest BCUT2D eigenvalue weighted by Crippen LogP contribution is 2.41. The first-order valence-corrected chi connectivity index (χ1v) is 9.49. The van der Waals surface area contributed by atoms with E-state index in [1.54, 1.807) is 0 Å². The number of quaternary nitrogens is 1. The molecule has 0 heterocycles. The van der Waals surface area contributed by atoms with Gasteiger partial charge < -0.3 is 16.1 Å². The number of allylic oxidation sites excluding steroid dienone is 1. The monoisotopic (exact) mass is 327 g/mol. The van der Waals surface area contributed by atoms with Crippen molar-refractivity contribution in [2.45, 2.75) is 105 Å². The molecule has 0 aromatic heterocycles. The summed E-state index contributed by atoms with van der Waals surface area (Å²) >= 11 is 0. The molecule has 0 atom stereocenters. The summed E-state index contributed by atoms with van der Waals surface area (Å²) in [5, 5.41) is 12.1. The van der Waals surface area contributed by atoms with E-state index in [-0.39, 0.29) is 6.15 Å². The third-order valence-electron chi connectivity index (χ3n) is 4.67. The van der Waals surface area contributed by atoms with Crippen molar-refractivity contribution < 1.29 is 9.90 Å². The maximum Gasteiger partial charge on any atom is 0.0516 e. The Hall–Kier alpha value is -0.830. The van der Waals surface area contributed by atoms with Gasteiger partial charge in [0.1, 0.15) is 0 Å². The van der Waals surface area contributed by atoms with Crippen LogP contribution in [0.15, 0.2) is 11.6 Å². The van der Waals surface area contributed by atoms with Crippen LogP contribution in [0.5, 0.6) is 0 Å². The Morgan fingerprint density at radius 1 is 0.870 bits per heavy atom. The van der Waals surface area contributed by atoms with E-state index in [0.717, 1.165) is 82.6 Å². The van der Waals surface area contributed by atoms with Gasteiger partial charge in [-0.2, -0.15) is 0 Å². The molecule has 0 saturated heterocycles. The first kappa shape index (κ1) is 24.4. The summed E-state index contributed by atoms with van der Waals surface area (Å²) in [4.78, 5) is 12.1. The Bertz CT molecular complexity index is 316. The summed E-state index contributed by atoms with van der Waals surface area (Å²) in [5.41, 5.74) is 0.444. The second-order valence-corrected chi connectivity index (χ2v) is 6.55. The van der Waals surface area contributed by atoms with Gasteiger partial charge in [0, 0.05) is 5.41 Å². The second-order valence-electron chi connectivity index (χ2n) is 6.55. The van der Waals surface area contributed by atoms with Gasteiger partial charge in [-0.05, 0) is 32.1 Å². The maximum atomic E-state index is 12.1. The van der Waals surface area contributed by atoms with E-state index in [1.807, 2.05) is 0 Å². The van der Waals surface area contributed by atoms with Gasteiger partial charge in [-0.1, -0.05) is 84.3 Å². The summed E-state index contributed by atoms with van der Waals surface area (Å²) in [6.07, 6.45) is 14.1. The van der Waals surface area contributed by atoms with E-state index in [9.17, 15) is 9.90 Å². The SMILES string of the molecule is CCCC/C=C(\CCCC)C(CCCC)(CCCC)C(=O)[O-].[NH4+]. The highest BCUT2D eigenvalue weighted by molar-refractivity contribution is 5.76. The summed E-state index contributed by atoms with van der Waals surface area (Å²) in [5.74, 6) is -0.840. The predicted octanol–water partition coefficient (Wildman–Crippen LogP) is 5.79. The highest BCUT2D eigenvalue weighted by atomic mass is 16.4. The molecule has 4 N–H and O–H groups in total. The molecular formula is C20H41NO2. The zero-order valence-corrected chi connectivity index (χ0v) is 16.4. The van der Waals surface area contributed by atoms with Crippen LogP contribution in [-0.2, 0) is 4.79 Å². The Kier molecular flexibility index (Phi) is 15.7. The zero-order valence-electron chi connectivity index (χ0n) is 16.4. The molecule has 0 aromatic rings. The van der Waals surface area contributed by atoms with Gasteiger partial charge in [0.25, 0.3) is 0 Å². The molecule has 0 saturated carbocycles. The fourth-order valence-electron chi connectivity index (χ4n) is 3.12. The van der Waals surface area contributed by atoms with Gasteiger partial charge in [-0.3, -0.25) is 0 Å². The predicted molar refractivity (Wildman–Crippen MR) is 99.6 cm³/mol. The lowest BCUT2D eigenvalue weighted by molar-refractivity contribution is -0.318. The summed E-state index contributed by atoms with van der Waals surface area (Å²) in [6.45, 7) is 8.61. The third kappa shape index (κ3) is 8.55. The average molecular weight is 328 g/mol. The normalized spacial score (nSPS) is 12.1. The summed E-state index contributed by atoms with van der Waals surface area (Å²) < 4.78 is 0. The van der Waals surface area contributed by atoms with E-state index >= 15 is 0 Å². The van der Waals surface area contributed by atoms with E-state index in [4.69, 9.17) is 0 Å². The van der Waals surface area contributed by atoms with Crippen molar-refractivity contribution in [2.75, 3.05) is 0 Å². The molecule has 0 radical (unpaired) electrons. The number of unbranched alkanes of at least 4 members (excludes halogenated alkanes) is 5. The third-order valence-corrected chi connectivity index (χ3v) is 4.67. The smallest absolute Gasteiger partial charge is 0.0516 e. The van der Waals surface area contributed by atoms with Gasteiger partial charge in [-0.25, -0.2) is 0 Å². The standard InChI is InChI=1S/C20H38O2.H3N/c1-5-9-13-15-18(14-10-6-2)20(19(21)22,16-11-7-3)17-12-8-4;/h15H,5-14,16-17H2,1-4H3,(H,21,22);1H3/b18-15+;. The van der Waals surface area contributed by atoms with Crippen LogP contribution in [-0.4, -0.2) is 5.97 Å². The lowest BCUT2D eigenvalue weighted by Crippen LogP contribution is -2.44. The number of hydrogen-bond donors (Lipinski definition) is 1. The van der Waals surface area contributed by atoms with Crippen LogP contribution in [0.1, 0.15) is 105 Å². The van der Waals surface area contributed by atoms with Crippen LogP contribution in [0.2, 0.25) is 0 Å². The van der Waals surface area contributed by atoms with Crippen LogP contribution < -0.4 is 11.3 Å². The van der Waals surface area contributed by atoms with E-state index < -0.39 is 11.4 Å². The highest BCUT2D eigenvalue weighted by Gasteiger charge is 2.34. The molecule has 0 unspecified atom stereocenters. The molecule has 0 aromatic carbocycles. The van der Waals surface area contributed by atoms with Gasteiger partial charge in [0.2, 0.25) is 0 Å². The van der Waals surface area contributed by atoms with Crippen LogP contribution in [0.25, 0.3) is 0 Å². The Morgan fingerprint density at radius 2 is 1.35 bits per heavy atom. The first-order valence-electron chi connectivity index (χ1n) is 9.49. The Labute approximate surface area is 144 Å². The fraction of sp³-hybridized carbons (Fsp3) is 0.850. The number of carboxylic acids is 1. The second kappa shape index (κ2) is 14.7. The largest absolute Gasteiger partial charge is 0.549 e. The molecule has 0 amide bonds. The van der Waals surface area contributed by atoms with Crippen LogP contribution in [0, 0.1) is 5.41 Å². The lowest BCUT2D eigenvalue weighted by Gasteiger charge is -2.38. The molecule has 0 fully saturated rings. The number of carboxylic acid groups (broad SMARTS) is 1. The van der Waals surface area contributed by atoms with Crippen molar-refractivity contribution in [3.8, 4) is 0 Å². The van der Waals surface area contributed by atoms with Crippen molar-refractivity contribution in [3.05, 3.63) is 11.6 Å². The van der Waals surface area contributed by atoms with Crippen molar-refractivity contribution in [3.63, 3.8) is 0 Å². The molecule has 0 aliphatic rings. The van der Waals surface area contributed by atoms with Crippen LogP contribution >= 0.6 is 0 Å². The number of rotatable bonds is 14. The zero-order chi connectivity index (χ0) is 16.8. The maximum absolute atomic E-state index is 12.1. The molecule has 23 heavy (non-hydrogen) atoms. The Balaban J connectivity index is 0. The number of carbonyl (C=O) groups excluding carboxylic acids is 1. The average Bonchev–Trinajstić information content (AvgIpc) is 2.51. The van der Waals surface area contributed by atoms with E-state index in [0.29, 0.717) is 0 Å². The van der Waals surface area contributed by atoms with Crippen LogP contribution in [0.4, 0.5) is 0 Å². The van der Waals surface area contributed by atoms with E-state index in [1.165, 1.54) is 0 Å². The fourth-order valence-corrected chi connectivity index (χ4v) is 3.12. The Morgan fingerprint density at radius 3 is 1.74 bits per heavy atom. The minimum atomic E-state index is -0.840. The molecule has 0 spiro atoms. The van der Waals surface area contributed by atoms with Crippen molar-refractivity contribution in [1.82, 2.24) is 6.15 Å². The molecule has 0 rings (SSSR count).